The van der Waals surface area contributed by atoms with E-state index < -0.39 is 0 Å². The van der Waals surface area contributed by atoms with E-state index in [0.29, 0.717) is 0 Å². The van der Waals surface area contributed by atoms with E-state index in [1.807, 2.05) is 12.3 Å². The molecule has 0 aliphatic carbocycles. The van der Waals surface area contributed by atoms with Gasteiger partial charge in [0.05, 0.1) is 0 Å². The van der Waals surface area contributed by atoms with Crippen molar-refractivity contribution in [3.8, 4) is 0 Å². The molecule has 0 amide bonds. The van der Waals surface area contributed by atoms with Gasteiger partial charge in [0.15, 0.2) is 0 Å². The number of alkyl halides is 1. The first-order chi connectivity index (χ1) is 11.4. The summed E-state index contributed by atoms with van der Waals surface area (Å²) >= 11 is 2.48. The number of unbranched alkanes of at least 4 members (excludes halogenated alkanes) is 13. The number of nitrogens with zero attached hydrogens (tertiary/aromatic N) is 1. The fourth-order valence-electron chi connectivity index (χ4n) is 3.07. The van der Waals surface area contributed by atoms with Crippen LogP contribution >= 0.6 is 22.6 Å². The first kappa shape index (κ1) is 20.9. The Balaban J connectivity index is 1.72. The summed E-state index contributed by atoms with van der Waals surface area (Å²) in [5.41, 5.74) is 1.25. The van der Waals surface area contributed by atoms with Crippen LogP contribution < -0.4 is 0 Å². The Bertz CT molecular complexity index is 339. The Labute approximate surface area is 158 Å². The summed E-state index contributed by atoms with van der Waals surface area (Å²) in [4.78, 5) is 4.38. The number of hydrogen-bond donors (Lipinski definition) is 0. The maximum absolute atomic E-state index is 4.38. The summed E-state index contributed by atoms with van der Waals surface area (Å²) < 4.78 is 1.33. The minimum Gasteiger partial charge on any atom is -0.261 e. The van der Waals surface area contributed by atoms with E-state index in [1.165, 1.54) is 100 Å². The molecule has 23 heavy (non-hydrogen) atoms. The first-order valence-electron chi connectivity index (χ1n) is 9.89. The van der Waals surface area contributed by atoms with Gasteiger partial charge in [-0.25, -0.2) is 0 Å². The fourth-order valence-corrected chi connectivity index (χ4v) is 3.61. The van der Waals surface area contributed by atoms with E-state index in [0.717, 1.165) is 6.42 Å². The highest BCUT2D eigenvalue weighted by molar-refractivity contribution is 14.1. The van der Waals surface area contributed by atoms with Gasteiger partial charge in [-0.1, -0.05) is 106 Å². The number of halogens is 1. The highest BCUT2D eigenvalue weighted by Crippen LogP contribution is 2.13. The third kappa shape index (κ3) is 14.0. The van der Waals surface area contributed by atoms with Gasteiger partial charge in [-0.2, -0.15) is 0 Å². The van der Waals surface area contributed by atoms with Crippen molar-refractivity contribution in [2.75, 3.05) is 4.43 Å². The van der Waals surface area contributed by atoms with E-state index >= 15 is 0 Å². The molecule has 0 unspecified atom stereocenters. The molecule has 0 fully saturated rings. The van der Waals surface area contributed by atoms with Crippen LogP contribution in [0.5, 0.6) is 0 Å². The average Bonchev–Trinajstić information content (AvgIpc) is 2.59. The summed E-state index contributed by atoms with van der Waals surface area (Å²) in [6, 6.07) is 6.23. The zero-order valence-corrected chi connectivity index (χ0v) is 17.1. The molecule has 0 radical (unpaired) electrons. The monoisotopic (exact) mass is 429 g/mol. The normalized spacial score (nSPS) is 11.0. The van der Waals surface area contributed by atoms with E-state index in [4.69, 9.17) is 0 Å². The molecule has 0 aliphatic heterocycles. The molecule has 0 saturated carbocycles. The van der Waals surface area contributed by atoms with Gasteiger partial charge in [0, 0.05) is 11.9 Å². The van der Waals surface area contributed by atoms with E-state index in [1.54, 1.807) is 0 Å². The topological polar surface area (TPSA) is 12.9 Å². The van der Waals surface area contributed by atoms with Crippen molar-refractivity contribution in [3.63, 3.8) is 0 Å². The summed E-state index contributed by atoms with van der Waals surface area (Å²) in [5, 5.41) is 0. The van der Waals surface area contributed by atoms with Crippen molar-refractivity contribution in [1.82, 2.24) is 4.98 Å². The third-order valence-corrected chi connectivity index (χ3v) is 5.31. The molecule has 0 spiro atoms. The summed E-state index contributed by atoms with van der Waals surface area (Å²) in [6.07, 6.45) is 23.1. The molecule has 1 rings (SSSR count). The first-order valence-corrected chi connectivity index (χ1v) is 11.4. The Morgan fingerprint density at radius 3 is 1.52 bits per heavy atom. The van der Waals surface area contributed by atoms with Crippen molar-refractivity contribution >= 4 is 22.6 Å². The van der Waals surface area contributed by atoms with Crippen LogP contribution in [0.3, 0.4) is 0 Å². The molecular weight excluding hydrogens is 393 g/mol. The van der Waals surface area contributed by atoms with Crippen molar-refractivity contribution in [2.24, 2.45) is 0 Å². The van der Waals surface area contributed by atoms with Gasteiger partial charge in [0.2, 0.25) is 0 Å². The van der Waals surface area contributed by atoms with Crippen molar-refractivity contribution in [1.29, 1.82) is 0 Å². The third-order valence-electron chi connectivity index (χ3n) is 4.54. The molecule has 0 aliphatic rings. The Morgan fingerprint density at radius 1 is 0.609 bits per heavy atom. The molecule has 1 aromatic rings. The molecule has 0 atom stereocenters. The molecule has 1 aromatic heterocycles. The SMILES string of the molecule is ICCCCCCCCCCCCCCCCc1ccccn1. The predicted octanol–water partition coefficient (Wildman–Crippen LogP) is 7.52. The molecule has 0 saturated heterocycles. The molecule has 0 aromatic carbocycles. The predicted molar refractivity (Wildman–Crippen MR) is 111 cm³/mol. The maximum Gasteiger partial charge on any atom is 0.0403 e. The molecule has 0 bridgehead atoms. The molecule has 132 valence electrons. The van der Waals surface area contributed by atoms with Gasteiger partial charge in [-0.15, -0.1) is 0 Å². The molecule has 0 N–H and O–H groups in total. The molecule has 1 heterocycles. The quantitative estimate of drug-likeness (QED) is 0.150. The van der Waals surface area contributed by atoms with Gasteiger partial charge in [-0.3, -0.25) is 4.98 Å². The second-order valence-electron chi connectivity index (χ2n) is 6.71. The van der Waals surface area contributed by atoms with Crippen LogP contribution in [-0.2, 0) is 6.42 Å². The van der Waals surface area contributed by atoms with Crippen LogP contribution in [0.2, 0.25) is 0 Å². The highest BCUT2D eigenvalue weighted by atomic mass is 127. The van der Waals surface area contributed by atoms with E-state index in [-0.39, 0.29) is 0 Å². The minimum absolute atomic E-state index is 1.15. The number of aromatic nitrogens is 1. The maximum atomic E-state index is 4.38. The van der Waals surface area contributed by atoms with Crippen LogP contribution in [0.25, 0.3) is 0 Å². The van der Waals surface area contributed by atoms with Crippen molar-refractivity contribution < 1.29 is 0 Å². The molecular formula is C21H36IN. The van der Waals surface area contributed by atoms with Crippen LogP contribution in [0.15, 0.2) is 24.4 Å². The lowest BCUT2D eigenvalue weighted by Gasteiger charge is -2.03. The number of hydrogen-bond acceptors (Lipinski definition) is 1. The van der Waals surface area contributed by atoms with Crippen molar-refractivity contribution in [3.05, 3.63) is 30.1 Å². The Hall–Kier alpha value is -0.120. The zero-order chi connectivity index (χ0) is 16.4. The summed E-state index contributed by atoms with van der Waals surface area (Å²) in [7, 11) is 0. The lowest BCUT2D eigenvalue weighted by Crippen LogP contribution is -1.89. The van der Waals surface area contributed by atoms with Gasteiger partial charge < -0.3 is 0 Å². The lowest BCUT2D eigenvalue weighted by atomic mass is 10.0. The average molecular weight is 429 g/mol. The molecule has 1 nitrogen and oxygen atoms in total. The summed E-state index contributed by atoms with van der Waals surface area (Å²) in [6.45, 7) is 0. The Morgan fingerprint density at radius 2 is 1.09 bits per heavy atom. The number of aryl methyl sites for hydroxylation is 1. The van der Waals surface area contributed by atoms with Gasteiger partial charge in [0.1, 0.15) is 0 Å². The minimum atomic E-state index is 1.15. The highest BCUT2D eigenvalue weighted by Gasteiger charge is 1.96. The van der Waals surface area contributed by atoms with Crippen LogP contribution in [0, 0.1) is 0 Å². The second-order valence-corrected chi connectivity index (χ2v) is 7.79. The van der Waals surface area contributed by atoms with Crippen LogP contribution in [0.1, 0.15) is 95.6 Å². The van der Waals surface area contributed by atoms with E-state index in [2.05, 4.69) is 39.7 Å². The van der Waals surface area contributed by atoms with Gasteiger partial charge >= 0.3 is 0 Å². The Kier molecular flexibility index (Phi) is 15.2. The van der Waals surface area contributed by atoms with Gasteiger partial charge in [-0.05, 0) is 35.8 Å². The number of pyridine rings is 1. The second kappa shape index (κ2) is 16.7. The largest absolute Gasteiger partial charge is 0.261 e. The lowest BCUT2D eigenvalue weighted by molar-refractivity contribution is 0.535. The summed E-state index contributed by atoms with van der Waals surface area (Å²) in [5.74, 6) is 0. The number of rotatable bonds is 16. The fraction of sp³-hybridized carbons (Fsp3) is 0.762. The van der Waals surface area contributed by atoms with E-state index in [9.17, 15) is 0 Å². The smallest absolute Gasteiger partial charge is 0.0403 e. The van der Waals surface area contributed by atoms with Crippen LogP contribution in [-0.4, -0.2) is 9.41 Å². The van der Waals surface area contributed by atoms with Crippen molar-refractivity contribution in [2.45, 2.75) is 96.3 Å². The van der Waals surface area contributed by atoms with Gasteiger partial charge in [0.25, 0.3) is 0 Å². The molecule has 2 heteroatoms. The standard InChI is InChI=1S/C21H36IN/c22-19-15-12-10-8-6-4-2-1-3-5-7-9-11-13-17-21-18-14-16-20-23-21/h14,16,18,20H,1-13,15,17,19H2. The zero-order valence-electron chi connectivity index (χ0n) is 14.9. The van der Waals surface area contributed by atoms with Crippen LogP contribution in [0.4, 0.5) is 0 Å².